The lowest BCUT2D eigenvalue weighted by atomic mass is 10.0. The third-order valence-electron chi connectivity index (χ3n) is 5.46. The molecule has 2 aromatic rings. The van der Waals surface area contributed by atoms with E-state index < -0.39 is 0 Å². The van der Waals surface area contributed by atoms with Crippen molar-refractivity contribution in [2.24, 2.45) is 0 Å². The standard InChI is InChI=1S/C24H32N2O4/c1-3-4-19-6-8-20(9-7-19)22(27)10-12-24(28)25-17-21(23-11-5-18(2)30-23)26-13-15-29-16-14-26/h5-9,11,21H,3-4,10,12-17H2,1-2H3,(H,25,28). The smallest absolute Gasteiger partial charge is 0.220 e. The molecule has 1 saturated heterocycles. The van der Waals surface area contributed by atoms with Gasteiger partial charge >= 0.3 is 0 Å². The van der Waals surface area contributed by atoms with E-state index in [1.54, 1.807) is 0 Å². The van der Waals surface area contributed by atoms with Gasteiger partial charge in [0.1, 0.15) is 11.5 Å². The number of hydrogen-bond donors (Lipinski definition) is 1. The van der Waals surface area contributed by atoms with Gasteiger partial charge in [-0.05, 0) is 31.0 Å². The summed E-state index contributed by atoms with van der Waals surface area (Å²) in [6.45, 7) is 7.45. The summed E-state index contributed by atoms with van der Waals surface area (Å²) in [7, 11) is 0. The summed E-state index contributed by atoms with van der Waals surface area (Å²) in [5.74, 6) is 1.58. The van der Waals surface area contributed by atoms with E-state index in [0.717, 1.165) is 37.5 Å². The van der Waals surface area contributed by atoms with Crippen LogP contribution in [0.5, 0.6) is 0 Å². The zero-order valence-electron chi connectivity index (χ0n) is 18.0. The number of hydrogen-bond acceptors (Lipinski definition) is 5. The number of furan rings is 1. The largest absolute Gasteiger partial charge is 0.465 e. The number of rotatable bonds is 10. The molecule has 1 fully saturated rings. The molecular weight excluding hydrogens is 380 g/mol. The fraction of sp³-hybridized carbons (Fsp3) is 0.500. The lowest BCUT2D eigenvalue weighted by Gasteiger charge is -2.33. The molecule has 6 heteroatoms. The van der Waals surface area contributed by atoms with Crippen LogP contribution in [0.3, 0.4) is 0 Å². The van der Waals surface area contributed by atoms with Crippen LogP contribution in [-0.4, -0.2) is 49.4 Å². The number of Topliss-reactive ketones (excluding diaryl/α,β-unsaturated/α-hetero) is 1. The molecule has 0 bridgehead atoms. The van der Waals surface area contributed by atoms with Gasteiger partial charge in [0.2, 0.25) is 5.91 Å². The van der Waals surface area contributed by atoms with E-state index in [4.69, 9.17) is 9.15 Å². The Labute approximate surface area is 178 Å². The number of nitrogens with one attached hydrogen (secondary N) is 1. The van der Waals surface area contributed by atoms with E-state index in [1.807, 2.05) is 43.3 Å². The first-order valence-electron chi connectivity index (χ1n) is 10.8. The molecule has 1 amide bonds. The van der Waals surface area contributed by atoms with Crippen LogP contribution >= 0.6 is 0 Å². The Hall–Kier alpha value is -2.44. The summed E-state index contributed by atoms with van der Waals surface area (Å²) >= 11 is 0. The van der Waals surface area contributed by atoms with Crippen LogP contribution in [0.15, 0.2) is 40.8 Å². The number of carbonyl (C=O) groups excluding carboxylic acids is 2. The monoisotopic (exact) mass is 412 g/mol. The van der Waals surface area contributed by atoms with Gasteiger partial charge in [0.25, 0.3) is 0 Å². The fourth-order valence-corrected chi connectivity index (χ4v) is 3.75. The second kappa shape index (κ2) is 11.1. The Morgan fingerprint density at radius 2 is 1.80 bits per heavy atom. The molecule has 6 nitrogen and oxygen atoms in total. The van der Waals surface area contributed by atoms with Crippen LogP contribution < -0.4 is 5.32 Å². The zero-order valence-corrected chi connectivity index (χ0v) is 18.0. The van der Waals surface area contributed by atoms with Gasteiger partial charge in [-0.2, -0.15) is 0 Å². The van der Waals surface area contributed by atoms with Gasteiger partial charge in [0, 0.05) is 38.0 Å². The van der Waals surface area contributed by atoms with Crippen LogP contribution in [0.2, 0.25) is 0 Å². The molecule has 1 aliphatic rings. The van der Waals surface area contributed by atoms with E-state index >= 15 is 0 Å². The molecule has 1 aliphatic heterocycles. The van der Waals surface area contributed by atoms with Gasteiger partial charge < -0.3 is 14.5 Å². The Balaban J connectivity index is 1.50. The van der Waals surface area contributed by atoms with Crippen molar-refractivity contribution in [3.05, 3.63) is 59.0 Å². The Bertz CT molecular complexity index is 822. The van der Waals surface area contributed by atoms with Crippen LogP contribution in [0.4, 0.5) is 0 Å². The van der Waals surface area contributed by atoms with Crippen LogP contribution in [0.25, 0.3) is 0 Å². The highest BCUT2D eigenvalue weighted by Gasteiger charge is 2.25. The maximum absolute atomic E-state index is 12.4. The van der Waals surface area contributed by atoms with Gasteiger partial charge in [-0.15, -0.1) is 0 Å². The highest BCUT2D eigenvalue weighted by Crippen LogP contribution is 2.23. The summed E-state index contributed by atoms with van der Waals surface area (Å²) < 4.78 is 11.3. The fourth-order valence-electron chi connectivity index (χ4n) is 3.75. The number of ether oxygens (including phenoxy) is 1. The normalized spacial score (nSPS) is 15.7. The topological polar surface area (TPSA) is 71.8 Å². The third-order valence-corrected chi connectivity index (χ3v) is 5.46. The van der Waals surface area contributed by atoms with Gasteiger partial charge in [-0.25, -0.2) is 0 Å². The number of ketones is 1. The minimum absolute atomic E-state index is 0.000382. The van der Waals surface area contributed by atoms with E-state index in [-0.39, 0.29) is 30.6 Å². The summed E-state index contributed by atoms with van der Waals surface area (Å²) in [4.78, 5) is 27.1. The number of aryl methyl sites for hydroxylation is 2. The van der Waals surface area contributed by atoms with Crippen LogP contribution in [-0.2, 0) is 16.0 Å². The maximum atomic E-state index is 12.4. The number of amides is 1. The molecule has 0 spiro atoms. The average Bonchev–Trinajstić information content (AvgIpc) is 3.19. The highest BCUT2D eigenvalue weighted by atomic mass is 16.5. The highest BCUT2D eigenvalue weighted by molar-refractivity contribution is 5.97. The molecule has 0 radical (unpaired) electrons. The van der Waals surface area contributed by atoms with Crippen LogP contribution in [0, 0.1) is 6.92 Å². The minimum Gasteiger partial charge on any atom is -0.465 e. The summed E-state index contributed by atoms with van der Waals surface area (Å²) in [6, 6.07) is 11.6. The van der Waals surface area contributed by atoms with Gasteiger partial charge in [-0.3, -0.25) is 14.5 Å². The van der Waals surface area contributed by atoms with Crippen molar-refractivity contribution in [3.63, 3.8) is 0 Å². The first-order valence-corrected chi connectivity index (χ1v) is 10.8. The maximum Gasteiger partial charge on any atom is 0.220 e. The first kappa shape index (κ1) is 22.2. The van der Waals surface area contributed by atoms with Crippen molar-refractivity contribution in [1.82, 2.24) is 10.2 Å². The molecule has 162 valence electrons. The summed E-state index contributed by atoms with van der Waals surface area (Å²) in [6.07, 6.45) is 2.48. The van der Waals surface area contributed by atoms with Crippen molar-refractivity contribution in [3.8, 4) is 0 Å². The molecule has 3 rings (SSSR count). The molecule has 1 aromatic heterocycles. The van der Waals surface area contributed by atoms with Crippen molar-refractivity contribution in [2.45, 2.75) is 45.6 Å². The quantitative estimate of drug-likeness (QED) is 0.603. The SMILES string of the molecule is CCCc1ccc(C(=O)CCC(=O)NCC(c2ccc(C)o2)N2CCOCC2)cc1. The third kappa shape index (κ3) is 6.28. The Kier molecular flexibility index (Phi) is 8.22. The average molecular weight is 413 g/mol. The van der Waals surface area contributed by atoms with E-state index in [0.29, 0.717) is 25.3 Å². The predicted molar refractivity (Wildman–Crippen MR) is 116 cm³/mol. The number of nitrogens with zero attached hydrogens (tertiary/aromatic N) is 1. The van der Waals surface area contributed by atoms with E-state index in [2.05, 4.69) is 17.1 Å². The minimum atomic E-state index is -0.118. The molecule has 1 aromatic carbocycles. The van der Waals surface area contributed by atoms with Gasteiger partial charge in [-0.1, -0.05) is 37.6 Å². The number of benzene rings is 1. The predicted octanol–water partition coefficient (Wildman–Crippen LogP) is 3.69. The van der Waals surface area contributed by atoms with Crippen molar-refractivity contribution >= 4 is 11.7 Å². The molecule has 1 N–H and O–H groups in total. The molecular formula is C24H32N2O4. The molecule has 1 atom stereocenters. The molecule has 0 aliphatic carbocycles. The zero-order chi connectivity index (χ0) is 21.3. The van der Waals surface area contributed by atoms with Crippen molar-refractivity contribution < 1.29 is 18.7 Å². The Morgan fingerprint density at radius 3 is 2.43 bits per heavy atom. The van der Waals surface area contributed by atoms with Crippen LogP contribution in [0.1, 0.15) is 59.7 Å². The van der Waals surface area contributed by atoms with Crippen molar-refractivity contribution in [2.75, 3.05) is 32.8 Å². The lowest BCUT2D eigenvalue weighted by Crippen LogP contribution is -2.43. The van der Waals surface area contributed by atoms with Gasteiger partial charge in [0.05, 0.1) is 19.3 Å². The van der Waals surface area contributed by atoms with E-state index in [1.165, 1.54) is 5.56 Å². The van der Waals surface area contributed by atoms with Gasteiger partial charge in [0.15, 0.2) is 5.78 Å². The lowest BCUT2D eigenvalue weighted by molar-refractivity contribution is -0.121. The molecule has 30 heavy (non-hydrogen) atoms. The van der Waals surface area contributed by atoms with Crippen molar-refractivity contribution in [1.29, 1.82) is 0 Å². The van der Waals surface area contributed by atoms with E-state index in [9.17, 15) is 9.59 Å². The Morgan fingerprint density at radius 1 is 1.07 bits per heavy atom. The summed E-state index contributed by atoms with van der Waals surface area (Å²) in [5, 5.41) is 2.99. The molecule has 1 unspecified atom stereocenters. The molecule has 2 heterocycles. The number of carbonyl (C=O) groups is 2. The first-order chi connectivity index (χ1) is 14.6. The second-order valence-corrected chi connectivity index (χ2v) is 7.79. The molecule has 0 saturated carbocycles. The second-order valence-electron chi connectivity index (χ2n) is 7.79. The number of morpholine rings is 1. The summed E-state index contributed by atoms with van der Waals surface area (Å²) in [5.41, 5.74) is 1.90.